The summed E-state index contributed by atoms with van der Waals surface area (Å²) in [6, 6.07) is 0. The van der Waals surface area contributed by atoms with E-state index in [0.29, 0.717) is 5.54 Å². The Balaban J connectivity index is 1.99. The molecule has 0 atom stereocenters. The molecule has 2 heterocycles. The van der Waals surface area contributed by atoms with Gasteiger partial charge < -0.3 is 15.5 Å². The summed E-state index contributed by atoms with van der Waals surface area (Å²) in [4.78, 5) is 2.38. The highest BCUT2D eigenvalue weighted by molar-refractivity contribution is 5.10. The summed E-state index contributed by atoms with van der Waals surface area (Å²) in [7, 11) is 2.18. The molecule has 2 aliphatic rings. The summed E-state index contributed by atoms with van der Waals surface area (Å²) >= 11 is 0. The van der Waals surface area contributed by atoms with Gasteiger partial charge in [0, 0.05) is 19.6 Å². The number of nitrogens with zero attached hydrogens (tertiary/aromatic N) is 1. The minimum absolute atomic E-state index is 0.323. The fourth-order valence-electron chi connectivity index (χ4n) is 2.03. The molecule has 2 fully saturated rings. The van der Waals surface area contributed by atoms with Crippen LogP contribution in [0.3, 0.4) is 0 Å². The first-order valence-electron chi connectivity index (χ1n) is 4.60. The Morgan fingerprint density at radius 2 is 2.08 bits per heavy atom. The van der Waals surface area contributed by atoms with Crippen LogP contribution in [0.1, 0.15) is 12.8 Å². The van der Waals surface area contributed by atoms with Crippen LogP contribution in [-0.4, -0.2) is 37.1 Å². The van der Waals surface area contributed by atoms with Gasteiger partial charge in [0.1, 0.15) is 0 Å². The molecule has 0 aromatic heterocycles. The molecule has 0 saturated carbocycles. The Hall–Kier alpha value is -0.700. The van der Waals surface area contributed by atoms with E-state index < -0.39 is 0 Å². The third kappa shape index (κ3) is 1.29. The number of hydrogen-bond donors (Lipinski definition) is 2. The van der Waals surface area contributed by atoms with Crippen molar-refractivity contribution in [2.24, 2.45) is 0 Å². The molecule has 3 nitrogen and oxygen atoms in total. The van der Waals surface area contributed by atoms with E-state index in [-0.39, 0.29) is 0 Å². The van der Waals surface area contributed by atoms with Crippen LogP contribution in [0.4, 0.5) is 0 Å². The van der Waals surface area contributed by atoms with Crippen LogP contribution in [0.15, 0.2) is 12.4 Å². The molecule has 0 aromatic rings. The highest BCUT2D eigenvalue weighted by Crippen LogP contribution is 2.24. The van der Waals surface area contributed by atoms with Gasteiger partial charge in [-0.1, -0.05) is 6.58 Å². The summed E-state index contributed by atoms with van der Waals surface area (Å²) in [5.41, 5.74) is 0.323. The van der Waals surface area contributed by atoms with Crippen LogP contribution in [0.25, 0.3) is 0 Å². The minimum Gasteiger partial charge on any atom is -0.370 e. The topological polar surface area (TPSA) is 27.3 Å². The van der Waals surface area contributed by atoms with E-state index in [1.807, 2.05) is 0 Å². The monoisotopic (exact) mass is 167 g/mol. The van der Waals surface area contributed by atoms with Gasteiger partial charge >= 0.3 is 0 Å². The van der Waals surface area contributed by atoms with E-state index in [4.69, 9.17) is 0 Å². The van der Waals surface area contributed by atoms with Crippen LogP contribution < -0.4 is 10.6 Å². The van der Waals surface area contributed by atoms with E-state index in [0.717, 1.165) is 12.4 Å². The van der Waals surface area contributed by atoms with Crippen LogP contribution in [0, 0.1) is 0 Å². The first kappa shape index (κ1) is 7.92. The molecule has 1 spiro atoms. The normalized spacial score (nSPS) is 28.6. The van der Waals surface area contributed by atoms with Crippen molar-refractivity contribution in [1.29, 1.82) is 0 Å². The molecule has 2 N–H and O–H groups in total. The maximum atomic E-state index is 3.89. The van der Waals surface area contributed by atoms with E-state index in [9.17, 15) is 0 Å². The average molecular weight is 167 g/mol. The molecule has 0 radical (unpaired) electrons. The second-order valence-corrected chi connectivity index (χ2v) is 4.04. The predicted molar refractivity (Wildman–Crippen MR) is 49.7 cm³/mol. The first-order valence-corrected chi connectivity index (χ1v) is 4.60. The van der Waals surface area contributed by atoms with Gasteiger partial charge in [-0.2, -0.15) is 0 Å². The number of nitrogens with one attached hydrogen (secondary N) is 2. The van der Waals surface area contributed by atoms with E-state index in [1.165, 1.54) is 25.9 Å². The van der Waals surface area contributed by atoms with E-state index >= 15 is 0 Å². The molecule has 0 aromatic carbocycles. The van der Waals surface area contributed by atoms with E-state index in [1.54, 1.807) is 0 Å². The van der Waals surface area contributed by atoms with Gasteiger partial charge in [0.25, 0.3) is 0 Å². The van der Waals surface area contributed by atoms with Gasteiger partial charge in [-0.25, -0.2) is 0 Å². The molecule has 2 aliphatic heterocycles. The van der Waals surface area contributed by atoms with Crippen molar-refractivity contribution in [3.05, 3.63) is 12.4 Å². The Bertz CT molecular complexity index is 192. The minimum atomic E-state index is 0.323. The molecular formula is C9H17N3. The summed E-state index contributed by atoms with van der Waals surface area (Å²) < 4.78 is 0. The maximum Gasteiger partial charge on any atom is 0.0918 e. The standard InChI is InChI=1S/C9H17N3/c1-8-10-7-9(11-8)3-5-12(2)6-4-9/h10-11H,1,3-7H2,2H3. The van der Waals surface area contributed by atoms with Crippen molar-refractivity contribution in [2.75, 3.05) is 26.7 Å². The molecule has 0 aliphatic carbocycles. The fraction of sp³-hybridized carbons (Fsp3) is 0.778. The number of rotatable bonds is 0. The first-order chi connectivity index (χ1) is 5.70. The lowest BCUT2D eigenvalue weighted by Gasteiger charge is -2.37. The van der Waals surface area contributed by atoms with Gasteiger partial charge in [-0.15, -0.1) is 0 Å². The lowest BCUT2D eigenvalue weighted by Crippen LogP contribution is -2.50. The molecule has 0 bridgehead atoms. The summed E-state index contributed by atoms with van der Waals surface area (Å²) in [5.74, 6) is 1.000. The second kappa shape index (κ2) is 2.66. The largest absolute Gasteiger partial charge is 0.370 e. The van der Waals surface area contributed by atoms with Crippen LogP contribution in [-0.2, 0) is 0 Å². The lowest BCUT2D eigenvalue weighted by atomic mass is 9.89. The Morgan fingerprint density at radius 1 is 1.42 bits per heavy atom. The smallest absolute Gasteiger partial charge is 0.0918 e. The van der Waals surface area contributed by atoms with Crippen molar-refractivity contribution in [3.8, 4) is 0 Å². The zero-order valence-corrected chi connectivity index (χ0v) is 7.69. The van der Waals surface area contributed by atoms with Crippen molar-refractivity contribution in [2.45, 2.75) is 18.4 Å². The number of piperidine rings is 1. The molecular weight excluding hydrogens is 150 g/mol. The number of hydrogen-bond acceptors (Lipinski definition) is 3. The summed E-state index contributed by atoms with van der Waals surface area (Å²) in [6.07, 6.45) is 2.46. The van der Waals surface area contributed by atoms with Crippen LogP contribution >= 0.6 is 0 Å². The van der Waals surface area contributed by atoms with E-state index in [2.05, 4.69) is 29.2 Å². The Kier molecular flexibility index (Phi) is 1.76. The van der Waals surface area contributed by atoms with Gasteiger partial charge in [-0.05, 0) is 19.9 Å². The van der Waals surface area contributed by atoms with Crippen molar-refractivity contribution < 1.29 is 0 Å². The molecule has 0 amide bonds. The number of likely N-dealkylation sites (tertiary alicyclic amines) is 1. The highest BCUT2D eigenvalue weighted by Gasteiger charge is 2.37. The van der Waals surface area contributed by atoms with Crippen molar-refractivity contribution in [3.63, 3.8) is 0 Å². The maximum absolute atomic E-state index is 3.89. The van der Waals surface area contributed by atoms with Crippen molar-refractivity contribution in [1.82, 2.24) is 15.5 Å². The lowest BCUT2D eigenvalue weighted by molar-refractivity contribution is 0.185. The molecule has 0 unspecified atom stereocenters. The third-order valence-electron chi connectivity index (χ3n) is 3.00. The fourth-order valence-corrected chi connectivity index (χ4v) is 2.03. The summed E-state index contributed by atoms with van der Waals surface area (Å²) in [5, 5.41) is 6.73. The molecule has 2 rings (SSSR count). The Morgan fingerprint density at radius 3 is 2.58 bits per heavy atom. The molecule has 68 valence electrons. The van der Waals surface area contributed by atoms with Crippen LogP contribution in [0.2, 0.25) is 0 Å². The predicted octanol–water partition coefficient (Wildman–Crippen LogP) is 0.115. The third-order valence-corrected chi connectivity index (χ3v) is 3.00. The zero-order chi connectivity index (χ0) is 8.60. The second-order valence-electron chi connectivity index (χ2n) is 4.04. The summed E-state index contributed by atoms with van der Waals surface area (Å²) in [6.45, 7) is 7.33. The quantitative estimate of drug-likeness (QED) is 0.536. The molecule has 12 heavy (non-hydrogen) atoms. The molecule has 3 heteroatoms. The Labute approximate surface area is 73.8 Å². The average Bonchev–Trinajstić information content (AvgIpc) is 2.40. The zero-order valence-electron chi connectivity index (χ0n) is 7.69. The van der Waals surface area contributed by atoms with Gasteiger partial charge in [0.15, 0.2) is 0 Å². The van der Waals surface area contributed by atoms with Crippen LogP contribution in [0.5, 0.6) is 0 Å². The SMILES string of the molecule is C=C1NCC2(CCN(C)CC2)N1. The highest BCUT2D eigenvalue weighted by atomic mass is 15.2. The molecule has 2 saturated heterocycles. The van der Waals surface area contributed by atoms with Crippen molar-refractivity contribution >= 4 is 0 Å². The van der Waals surface area contributed by atoms with Gasteiger partial charge in [0.2, 0.25) is 0 Å². The van der Waals surface area contributed by atoms with Gasteiger partial charge in [0.05, 0.1) is 11.4 Å². The van der Waals surface area contributed by atoms with Gasteiger partial charge in [-0.3, -0.25) is 0 Å².